The maximum absolute atomic E-state index is 4.72. The Morgan fingerprint density at radius 1 is 0.737 bits per heavy atom. The Balaban J connectivity index is 3.74. The molecule has 0 aliphatic heterocycles. The minimum absolute atomic E-state index is 1.00. The van der Waals surface area contributed by atoms with Crippen molar-refractivity contribution in [2.75, 3.05) is 13.1 Å². The quantitative estimate of drug-likeness (QED) is 0.273. The normalized spacial score (nSPS) is 11.8. The molecule has 0 unspecified atom stereocenters. The highest BCUT2D eigenvalue weighted by atomic mass is 15.0. The molecule has 0 aliphatic carbocycles. The van der Waals surface area contributed by atoms with Crippen molar-refractivity contribution in [3.8, 4) is 0 Å². The van der Waals surface area contributed by atoms with Gasteiger partial charge in [-0.3, -0.25) is 4.99 Å². The molecule has 1 N–H and O–H groups in total. The van der Waals surface area contributed by atoms with Crippen molar-refractivity contribution >= 4 is 5.84 Å². The zero-order valence-electron chi connectivity index (χ0n) is 13.6. The Morgan fingerprint density at radius 2 is 1.37 bits per heavy atom. The summed E-state index contributed by atoms with van der Waals surface area (Å²) in [6, 6.07) is 0. The Kier molecular flexibility index (Phi) is 15.1. The van der Waals surface area contributed by atoms with E-state index in [0.29, 0.717) is 0 Å². The van der Waals surface area contributed by atoms with Gasteiger partial charge in [-0.2, -0.15) is 0 Å². The van der Waals surface area contributed by atoms with Crippen LogP contribution in [-0.4, -0.2) is 18.9 Å². The average molecular weight is 268 g/mol. The molecular formula is C17H36N2. The Labute approximate surface area is 121 Å². The van der Waals surface area contributed by atoms with E-state index in [1.54, 1.807) is 0 Å². The largest absolute Gasteiger partial charge is 0.374 e. The summed E-state index contributed by atoms with van der Waals surface area (Å²) in [4.78, 5) is 4.72. The molecule has 0 aromatic rings. The summed E-state index contributed by atoms with van der Waals surface area (Å²) in [6.45, 7) is 8.84. The predicted octanol–water partition coefficient (Wildman–Crippen LogP) is 5.33. The molecule has 0 saturated heterocycles. The number of nitrogens with zero attached hydrogens (tertiary/aromatic N) is 1. The number of hydrogen-bond donors (Lipinski definition) is 1. The van der Waals surface area contributed by atoms with Crippen LogP contribution in [0.25, 0.3) is 0 Å². The third-order valence-corrected chi connectivity index (χ3v) is 3.44. The van der Waals surface area contributed by atoms with E-state index in [0.717, 1.165) is 19.5 Å². The number of nitrogens with one attached hydrogen (secondary N) is 1. The van der Waals surface area contributed by atoms with Gasteiger partial charge < -0.3 is 5.32 Å². The van der Waals surface area contributed by atoms with E-state index in [-0.39, 0.29) is 0 Å². The van der Waals surface area contributed by atoms with Crippen molar-refractivity contribution in [2.45, 2.75) is 91.4 Å². The second-order valence-electron chi connectivity index (χ2n) is 5.48. The molecule has 0 fully saturated rings. The first-order valence-electron chi connectivity index (χ1n) is 8.62. The van der Waals surface area contributed by atoms with Gasteiger partial charge in [-0.1, -0.05) is 65.7 Å². The highest BCUT2D eigenvalue weighted by Crippen LogP contribution is 2.07. The minimum Gasteiger partial charge on any atom is -0.374 e. The van der Waals surface area contributed by atoms with Gasteiger partial charge in [0.1, 0.15) is 0 Å². The third-order valence-electron chi connectivity index (χ3n) is 3.44. The van der Waals surface area contributed by atoms with Crippen LogP contribution in [0.1, 0.15) is 91.4 Å². The van der Waals surface area contributed by atoms with Gasteiger partial charge in [0.15, 0.2) is 0 Å². The lowest BCUT2D eigenvalue weighted by Crippen LogP contribution is -2.24. The zero-order chi connectivity index (χ0) is 14.2. The monoisotopic (exact) mass is 268 g/mol. The van der Waals surface area contributed by atoms with Crippen LogP contribution < -0.4 is 5.32 Å². The minimum atomic E-state index is 1.00. The topological polar surface area (TPSA) is 24.4 Å². The lowest BCUT2D eigenvalue weighted by Gasteiger charge is -2.10. The van der Waals surface area contributed by atoms with Crippen LogP contribution in [0.3, 0.4) is 0 Å². The van der Waals surface area contributed by atoms with Crippen LogP contribution in [0.5, 0.6) is 0 Å². The van der Waals surface area contributed by atoms with Crippen LogP contribution in [0, 0.1) is 0 Å². The summed E-state index contributed by atoms with van der Waals surface area (Å²) in [6.07, 6.45) is 14.3. The predicted molar refractivity (Wildman–Crippen MR) is 88.1 cm³/mol. The first-order valence-corrected chi connectivity index (χ1v) is 8.62. The molecule has 0 aromatic heterocycles. The fourth-order valence-corrected chi connectivity index (χ4v) is 2.08. The van der Waals surface area contributed by atoms with Gasteiger partial charge in [-0.15, -0.1) is 0 Å². The summed E-state index contributed by atoms with van der Waals surface area (Å²) in [7, 11) is 0. The fraction of sp³-hybridized carbons (Fsp3) is 0.941. The lowest BCUT2D eigenvalue weighted by atomic mass is 10.1. The summed E-state index contributed by atoms with van der Waals surface area (Å²) in [5.41, 5.74) is 0. The highest BCUT2D eigenvalue weighted by molar-refractivity contribution is 5.82. The molecule has 0 heterocycles. The fourth-order valence-electron chi connectivity index (χ4n) is 2.08. The molecule has 0 radical (unpaired) electrons. The van der Waals surface area contributed by atoms with Crippen LogP contribution in [0.4, 0.5) is 0 Å². The number of hydrogen-bond acceptors (Lipinski definition) is 1. The molecular weight excluding hydrogens is 232 g/mol. The van der Waals surface area contributed by atoms with Crippen molar-refractivity contribution in [3.05, 3.63) is 0 Å². The van der Waals surface area contributed by atoms with Crippen molar-refractivity contribution in [1.29, 1.82) is 0 Å². The molecule has 2 nitrogen and oxygen atoms in total. The van der Waals surface area contributed by atoms with E-state index >= 15 is 0 Å². The van der Waals surface area contributed by atoms with Gasteiger partial charge in [0.2, 0.25) is 0 Å². The van der Waals surface area contributed by atoms with Crippen LogP contribution >= 0.6 is 0 Å². The standard InChI is InChI=1S/C17H36N2/c1-4-7-10-11-12-13-14-17(18-15-8-5-2)19-16-9-6-3/h4-16H2,1-3H3,(H,18,19). The molecule has 0 spiro atoms. The van der Waals surface area contributed by atoms with Gasteiger partial charge in [-0.05, 0) is 19.3 Å². The van der Waals surface area contributed by atoms with E-state index in [1.165, 1.54) is 70.0 Å². The summed E-state index contributed by atoms with van der Waals surface area (Å²) in [5.74, 6) is 1.26. The van der Waals surface area contributed by atoms with Crippen molar-refractivity contribution < 1.29 is 0 Å². The number of aliphatic imine (C=N–C) groups is 1. The molecule has 0 amide bonds. The van der Waals surface area contributed by atoms with Crippen LogP contribution in [0.2, 0.25) is 0 Å². The SMILES string of the molecule is CCCCCCCCC(=NCCCC)NCCCC. The van der Waals surface area contributed by atoms with Crippen LogP contribution in [-0.2, 0) is 0 Å². The van der Waals surface area contributed by atoms with E-state index in [9.17, 15) is 0 Å². The van der Waals surface area contributed by atoms with Crippen LogP contribution in [0.15, 0.2) is 4.99 Å². The number of unbranched alkanes of at least 4 members (excludes halogenated alkanes) is 7. The molecule has 0 rings (SSSR count). The first kappa shape index (κ1) is 18.5. The lowest BCUT2D eigenvalue weighted by molar-refractivity contribution is 0.611. The zero-order valence-corrected chi connectivity index (χ0v) is 13.6. The molecule has 0 aromatic carbocycles. The van der Waals surface area contributed by atoms with E-state index in [2.05, 4.69) is 26.1 Å². The first-order chi connectivity index (χ1) is 9.35. The summed E-state index contributed by atoms with van der Waals surface area (Å²) >= 11 is 0. The summed E-state index contributed by atoms with van der Waals surface area (Å²) < 4.78 is 0. The Morgan fingerprint density at radius 3 is 2.05 bits per heavy atom. The molecule has 0 aliphatic rings. The smallest absolute Gasteiger partial charge is 0.0963 e. The van der Waals surface area contributed by atoms with Crippen molar-refractivity contribution in [3.63, 3.8) is 0 Å². The van der Waals surface area contributed by atoms with Gasteiger partial charge >= 0.3 is 0 Å². The maximum Gasteiger partial charge on any atom is 0.0963 e. The van der Waals surface area contributed by atoms with Gasteiger partial charge in [0.05, 0.1) is 5.84 Å². The molecule has 0 atom stereocenters. The van der Waals surface area contributed by atoms with Gasteiger partial charge in [0.25, 0.3) is 0 Å². The van der Waals surface area contributed by atoms with Crippen molar-refractivity contribution in [1.82, 2.24) is 5.32 Å². The van der Waals surface area contributed by atoms with Crippen molar-refractivity contribution in [2.24, 2.45) is 4.99 Å². The average Bonchev–Trinajstić information content (AvgIpc) is 2.42. The highest BCUT2D eigenvalue weighted by Gasteiger charge is 1.99. The molecule has 114 valence electrons. The molecule has 19 heavy (non-hydrogen) atoms. The van der Waals surface area contributed by atoms with Gasteiger partial charge in [-0.25, -0.2) is 0 Å². The van der Waals surface area contributed by atoms with E-state index in [1.807, 2.05) is 0 Å². The maximum atomic E-state index is 4.72. The Hall–Kier alpha value is -0.530. The Bertz CT molecular complexity index is 199. The summed E-state index contributed by atoms with van der Waals surface area (Å²) in [5, 5.41) is 3.53. The molecule has 2 heteroatoms. The number of amidine groups is 1. The second kappa shape index (κ2) is 15.5. The molecule has 0 saturated carbocycles. The van der Waals surface area contributed by atoms with E-state index in [4.69, 9.17) is 4.99 Å². The molecule has 0 bridgehead atoms. The second-order valence-corrected chi connectivity index (χ2v) is 5.48. The van der Waals surface area contributed by atoms with E-state index < -0.39 is 0 Å². The third kappa shape index (κ3) is 13.7. The number of rotatable bonds is 13. The van der Waals surface area contributed by atoms with Gasteiger partial charge in [0, 0.05) is 19.5 Å².